The summed E-state index contributed by atoms with van der Waals surface area (Å²) in [7, 11) is 4.15. The fourth-order valence-electron chi connectivity index (χ4n) is 5.03. The quantitative estimate of drug-likeness (QED) is 0.336. The standard InChI is InChI=1S/C28H37N5OS/c1-4-25(31(2)3)27-29-30-28(32(27)20-22-14-8-5-9-15-22)35-21-26(34)33(23-16-10-6-11-17-23)24-18-12-7-13-19-24/h5-6,8-11,14-17,24-25H,4,7,12-13,18-21H2,1-3H3. The van der Waals surface area contributed by atoms with Crippen LogP contribution >= 0.6 is 11.8 Å². The monoisotopic (exact) mass is 491 g/mol. The number of thioether (sulfide) groups is 1. The molecule has 3 aromatic rings. The summed E-state index contributed by atoms with van der Waals surface area (Å²) in [5.41, 5.74) is 2.19. The topological polar surface area (TPSA) is 54.3 Å². The van der Waals surface area contributed by atoms with E-state index in [1.165, 1.54) is 36.6 Å². The van der Waals surface area contributed by atoms with E-state index in [0.717, 1.165) is 35.9 Å². The molecule has 1 aliphatic rings. The summed E-state index contributed by atoms with van der Waals surface area (Å²) in [5.74, 6) is 1.43. The fraction of sp³-hybridized carbons (Fsp3) is 0.464. The van der Waals surface area contributed by atoms with Crippen molar-refractivity contribution in [2.45, 2.75) is 69.2 Å². The second-order valence-corrected chi connectivity index (χ2v) is 10.4. The van der Waals surface area contributed by atoms with Gasteiger partial charge >= 0.3 is 0 Å². The van der Waals surface area contributed by atoms with Gasteiger partial charge in [-0.15, -0.1) is 10.2 Å². The number of hydrogen-bond donors (Lipinski definition) is 0. The van der Waals surface area contributed by atoms with Gasteiger partial charge in [-0.25, -0.2) is 0 Å². The molecule has 0 bridgehead atoms. The first kappa shape index (κ1) is 25.5. The van der Waals surface area contributed by atoms with Crippen LogP contribution in [0.15, 0.2) is 65.8 Å². The van der Waals surface area contributed by atoms with E-state index in [1.54, 1.807) is 0 Å². The number of carbonyl (C=O) groups is 1. The summed E-state index contributed by atoms with van der Waals surface area (Å²) in [6.45, 7) is 2.86. The summed E-state index contributed by atoms with van der Waals surface area (Å²) in [5, 5.41) is 9.96. The molecule has 1 fully saturated rings. The van der Waals surface area contributed by atoms with Gasteiger partial charge in [-0.3, -0.25) is 9.69 Å². The van der Waals surface area contributed by atoms with Crippen molar-refractivity contribution in [1.29, 1.82) is 0 Å². The van der Waals surface area contributed by atoms with E-state index in [-0.39, 0.29) is 18.0 Å². The number of hydrogen-bond acceptors (Lipinski definition) is 5. The number of aromatic nitrogens is 3. The maximum absolute atomic E-state index is 13.6. The van der Waals surface area contributed by atoms with Crippen molar-refractivity contribution in [1.82, 2.24) is 19.7 Å². The molecule has 1 aromatic heterocycles. The molecule has 7 heteroatoms. The van der Waals surface area contributed by atoms with Crippen LogP contribution < -0.4 is 4.90 Å². The highest BCUT2D eigenvalue weighted by Gasteiger charge is 2.28. The van der Waals surface area contributed by atoms with Gasteiger partial charge in [-0.1, -0.05) is 86.5 Å². The lowest BCUT2D eigenvalue weighted by molar-refractivity contribution is -0.116. The summed E-state index contributed by atoms with van der Waals surface area (Å²) in [6, 6.07) is 21.0. The van der Waals surface area contributed by atoms with Crippen molar-refractivity contribution < 1.29 is 4.79 Å². The Morgan fingerprint density at radius 3 is 2.29 bits per heavy atom. The first-order valence-corrected chi connectivity index (χ1v) is 13.7. The Labute approximate surface area is 213 Å². The van der Waals surface area contributed by atoms with Gasteiger partial charge in [0.1, 0.15) is 0 Å². The van der Waals surface area contributed by atoms with Crippen molar-refractivity contribution in [3.63, 3.8) is 0 Å². The molecule has 6 nitrogen and oxygen atoms in total. The Morgan fingerprint density at radius 2 is 1.66 bits per heavy atom. The number of nitrogens with zero attached hydrogens (tertiary/aromatic N) is 5. The zero-order valence-electron chi connectivity index (χ0n) is 21.1. The van der Waals surface area contributed by atoms with E-state index in [1.807, 2.05) is 29.2 Å². The Bertz CT molecular complexity index is 1060. The number of para-hydroxylation sites is 1. The SMILES string of the molecule is CCC(c1nnc(SCC(=O)N(c2ccccc2)C2CCCCC2)n1Cc1ccccc1)N(C)C. The van der Waals surface area contributed by atoms with E-state index in [4.69, 9.17) is 0 Å². The molecular formula is C28H37N5OS. The minimum absolute atomic E-state index is 0.142. The van der Waals surface area contributed by atoms with E-state index < -0.39 is 0 Å². The van der Waals surface area contributed by atoms with E-state index in [0.29, 0.717) is 12.3 Å². The average Bonchev–Trinajstić information content (AvgIpc) is 3.27. The van der Waals surface area contributed by atoms with Crippen molar-refractivity contribution in [3.05, 3.63) is 72.1 Å². The van der Waals surface area contributed by atoms with Crippen LogP contribution in [0.5, 0.6) is 0 Å². The van der Waals surface area contributed by atoms with Crippen LogP contribution in [0.4, 0.5) is 5.69 Å². The number of amides is 1. The lowest BCUT2D eigenvalue weighted by atomic mass is 9.93. The summed E-state index contributed by atoms with van der Waals surface area (Å²) in [6.07, 6.45) is 6.71. The highest BCUT2D eigenvalue weighted by Crippen LogP contribution is 2.30. The Morgan fingerprint density at radius 1 is 1.00 bits per heavy atom. The van der Waals surface area contributed by atoms with E-state index in [9.17, 15) is 4.79 Å². The van der Waals surface area contributed by atoms with Crippen LogP contribution in [0.1, 0.15) is 62.9 Å². The predicted molar refractivity (Wildman–Crippen MR) is 144 cm³/mol. The van der Waals surface area contributed by atoms with Crippen molar-refractivity contribution >= 4 is 23.4 Å². The maximum atomic E-state index is 13.6. The number of benzene rings is 2. The fourth-order valence-corrected chi connectivity index (χ4v) is 5.83. The molecule has 35 heavy (non-hydrogen) atoms. The molecule has 1 atom stereocenters. The second kappa shape index (κ2) is 12.4. The maximum Gasteiger partial charge on any atom is 0.237 e. The molecule has 0 N–H and O–H groups in total. The van der Waals surface area contributed by atoms with Crippen molar-refractivity contribution in [2.75, 3.05) is 24.7 Å². The molecule has 1 unspecified atom stereocenters. The Kier molecular flexibility index (Phi) is 8.99. The molecule has 0 saturated heterocycles. The normalized spacial score (nSPS) is 15.3. The summed E-state index contributed by atoms with van der Waals surface area (Å²) < 4.78 is 2.19. The molecule has 1 heterocycles. The third-order valence-corrected chi connectivity index (χ3v) is 7.76. The van der Waals surface area contributed by atoms with Crippen LogP contribution in [0.2, 0.25) is 0 Å². The predicted octanol–water partition coefficient (Wildman–Crippen LogP) is 5.80. The second-order valence-electron chi connectivity index (χ2n) is 9.48. The van der Waals surface area contributed by atoms with Crippen LogP contribution in [0.25, 0.3) is 0 Å². The largest absolute Gasteiger partial charge is 0.309 e. The van der Waals surface area contributed by atoms with Gasteiger partial charge in [-0.05, 0) is 51.1 Å². The highest BCUT2D eigenvalue weighted by atomic mass is 32.2. The third-order valence-electron chi connectivity index (χ3n) is 6.80. The molecule has 1 aliphatic carbocycles. The molecule has 0 spiro atoms. The zero-order valence-corrected chi connectivity index (χ0v) is 22.0. The van der Waals surface area contributed by atoms with Crippen molar-refractivity contribution in [3.8, 4) is 0 Å². The molecule has 186 valence electrons. The van der Waals surface area contributed by atoms with Gasteiger partial charge in [0.15, 0.2) is 11.0 Å². The highest BCUT2D eigenvalue weighted by molar-refractivity contribution is 7.99. The Balaban J connectivity index is 1.57. The van der Waals surface area contributed by atoms with Gasteiger partial charge in [0, 0.05) is 11.7 Å². The molecule has 1 amide bonds. The van der Waals surface area contributed by atoms with Crippen LogP contribution in [-0.2, 0) is 11.3 Å². The first-order chi connectivity index (χ1) is 17.1. The number of rotatable bonds is 10. The molecule has 0 radical (unpaired) electrons. The summed E-state index contributed by atoms with van der Waals surface area (Å²) >= 11 is 1.50. The van der Waals surface area contributed by atoms with Crippen LogP contribution in [0.3, 0.4) is 0 Å². The van der Waals surface area contributed by atoms with E-state index in [2.05, 4.69) is 77.1 Å². The molecular weight excluding hydrogens is 454 g/mol. The molecule has 2 aromatic carbocycles. The third kappa shape index (κ3) is 6.33. The number of carbonyl (C=O) groups excluding carboxylic acids is 1. The van der Waals surface area contributed by atoms with Gasteiger partial charge in [-0.2, -0.15) is 0 Å². The molecule has 0 aliphatic heterocycles. The molecule has 1 saturated carbocycles. The molecule has 4 rings (SSSR count). The van der Waals surface area contributed by atoms with Crippen molar-refractivity contribution in [2.24, 2.45) is 0 Å². The minimum atomic E-state index is 0.142. The smallest absolute Gasteiger partial charge is 0.237 e. The van der Waals surface area contributed by atoms with Crippen LogP contribution in [-0.4, -0.2) is 51.5 Å². The lowest BCUT2D eigenvalue weighted by Crippen LogP contribution is -2.42. The van der Waals surface area contributed by atoms with Gasteiger partial charge in [0.2, 0.25) is 5.91 Å². The average molecular weight is 492 g/mol. The summed E-state index contributed by atoms with van der Waals surface area (Å²) in [4.78, 5) is 17.9. The lowest BCUT2D eigenvalue weighted by Gasteiger charge is -2.34. The minimum Gasteiger partial charge on any atom is -0.309 e. The van der Waals surface area contributed by atoms with Gasteiger partial charge in [0.25, 0.3) is 0 Å². The zero-order chi connectivity index (χ0) is 24.6. The van der Waals surface area contributed by atoms with E-state index >= 15 is 0 Å². The van der Waals surface area contributed by atoms with Crippen LogP contribution in [0, 0.1) is 0 Å². The van der Waals surface area contributed by atoms with Gasteiger partial charge in [0.05, 0.1) is 18.3 Å². The Hall–Kier alpha value is -2.64. The van der Waals surface area contributed by atoms with Gasteiger partial charge < -0.3 is 9.47 Å². The number of anilines is 1. The first-order valence-electron chi connectivity index (χ1n) is 12.7.